The quantitative estimate of drug-likeness (QED) is 0.801. The smallest absolute Gasteiger partial charge is 0.0754 e. The van der Waals surface area contributed by atoms with Crippen LogP contribution in [0, 0.1) is 16.7 Å². The van der Waals surface area contributed by atoms with Crippen LogP contribution in [0.4, 0.5) is 0 Å². The summed E-state index contributed by atoms with van der Waals surface area (Å²) >= 11 is 0. The van der Waals surface area contributed by atoms with Crippen LogP contribution in [0.5, 0.6) is 0 Å². The van der Waals surface area contributed by atoms with Crippen molar-refractivity contribution in [2.45, 2.75) is 33.7 Å². The molecule has 2 rings (SSSR count). The van der Waals surface area contributed by atoms with Crippen molar-refractivity contribution in [3.8, 4) is 0 Å². The monoisotopic (exact) mass is 208 g/mol. The third-order valence-electron chi connectivity index (χ3n) is 4.58. The molecule has 1 aliphatic rings. The summed E-state index contributed by atoms with van der Waals surface area (Å²) in [6, 6.07) is 0.0370. The van der Waals surface area contributed by atoms with Gasteiger partial charge in [0, 0.05) is 7.05 Å². The van der Waals surface area contributed by atoms with E-state index in [1.54, 1.807) is 10.9 Å². The first-order valence-electron chi connectivity index (χ1n) is 5.40. The summed E-state index contributed by atoms with van der Waals surface area (Å²) < 4.78 is 1.77. The molecule has 0 radical (unpaired) electrons. The van der Waals surface area contributed by atoms with Crippen LogP contribution in [0.1, 0.15) is 39.4 Å². The largest absolute Gasteiger partial charge is 0.322 e. The Morgan fingerprint density at radius 1 is 1.33 bits per heavy atom. The highest BCUT2D eigenvalue weighted by Gasteiger charge is 2.67. The summed E-state index contributed by atoms with van der Waals surface area (Å²) in [6.07, 6.45) is 1.77. The van der Waals surface area contributed by atoms with Gasteiger partial charge in [-0.3, -0.25) is 4.68 Å². The van der Waals surface area contributed by atoms with E-state index in [1.807, 2.05) is 7.05 Å². The molecule has 84 valence electrons. The van der Waals surface area contributed by atoms with Crippen LogP contribution in [0.15, 0.2) is 6.20 Å². The normalized spacial score (nSPS) is 25.2. The Morgan fingerprint density at radius 3 is 2.20 bits per heavy atom. The molecule has 0 aliphatic heterocycles. The second-order valence-corrected chi connectivity index (χ2v) is 5.73. The zero-order chi connectivity index (χ0) is 11.4. The maximum absolute atomic E-state index is 6.30. The Morgan fingerprint density at radius 2 is 1.87 bits per heavy atom. The SMILES string of the molecule is Cn1nncc1C(N)C1C(C)(C)C1(C)C. The van der Waals surface area contributed by atoms with Gasteiger partial charge in [-0.2, -0.15) is 0 Å². The predicted octanol–water partition coefficient (Wildman–Crippen LogP) is 1.50. The molecule has 1 unspecified atom stereocenters. The molecular weight excluding hydrogens is 188 g/mol. The third kappa shape index (κ3) is 1.24. The molecule has 0 amide bonds. The van der Waals surface area contributed by atoms with Gasteiger partial charge in [0.05, 0.1) is 17.9 Å². The summed E-state index contributed by atoms with van der Waals surface area (Å²) in [5.41, 5.74) is 7.93. The molecule has 0 saturated heterocycles. The second-order valence-electron chi connectivity index (χ2n) is 5.73. The molecule has 1 atom stereocenters. The molecular formula is C11H20N4. The number of nitrogens with two attached hydrogens (primary N) is 1. The standard InChI is InChI=1S/C11H20N4/c1-10(2)9(11(10,3)4)8(12)7-6-13-14-15(7)5/h6,8-9H,12H2,1-5H3. The van der Waals surface area contributed by atoms with E-state index in [4.69, 9.17) is 5.73 Å². The molecule has 1 aliphatic carbocycles. The highest BCUT2D eigenvalue weighted by Crippen LogP contribution is 2.71. The van der Waals surface area contributed by atoms with E-state index in [0.29, 0.717) is 16.7 Å². The van der Waals surface area contributed by atoms with Gasteiger partial charge in [-0.1, -0.05) is 32.9 Å². The van der Waals surface area contributed by atoms with Crippen molar-refractivity contribution in [2.75, 3.05) is 0 Å². The highest BCUT2D eigenvalue weighted by atomic mass is 15.4. The number of aromatic nitrogens is 3. The lowest BCUT2D eigenvalue weighted by Crippen LogP contribution is -2.19. The van der Waals surface area contributed by atoms with Gasteiger partial charge >= 0.3 is 0 Å². The van der Waals surface area contributed by atoms with Crippen LogP contribution in [0.2, 0.25) is 0 Å². The fourth-order valence-corrected chi connectivity index (χ4v) is 2.92. The van der Waals surface area contributed by atoms with Crippen molar-refractivity contribution in [2.24, 2.45) is 29.5 Å². The predicted molar refractivity (Wildman–Crippen MR) is 59.0 cm³/mol. The van der Waals surface area contributed by atoms with Crippen LogP contribution >= 0.6 is 0 Å². The number of hydrogen-bond donors (Lipinski definition) is 1. The third-order valence-corrected chi connectivity index (χ3v) is 4.58. The van der Waals surface area contributed by atoms with Gasteiger partial charge in [0.25, 0.3) is 0 Å². The Kier molecular flexibility index (Phi) is 1.99. The minimum Gasteiger partial charge on any atom is -0.322 e. The van der Waals surface area contributed by atoms with Crippen molar-refractivity contribution in [1.82, 2.24) is 15.0 Å². The maximum atomic E-state index is 6.30. The first-order chi connectivity index (χ1) is 6.80. The van der Waals surface area contributed by atoms with Gasteiger partial charge in [0.15, 0.2) is 0 Å². The zero-order valence-corrected chi connectivity index (χ0v) is 10.2. The van der Waals surface area contributed by atoms with E-state index in [0.717, 1.165) is 5.69 Å². The molecule has 2 N–H and O–H groups in total. The summed E-state index contributed by atoms with van der Waals surface area (Å²) in [6.45, 7) is 9.12. The Bertz CT molecular complexity index is 364. The summed E-state index contributed by atoms with van der Waals surface area (Å²) in [5, 5.41) is 7.81. The fraction of sp³-hybridized carbons (Fsp3) is 0.818. The zero-order valence-electron chi connectivity index (χ0n) is 10.2. The average molecular weight is 208 g/mol. The van der Waals surface area contributed by atoms with Gasteiger partial charge in [0.2, 0.25) is 0 Å². The molecule has 1 saturated carbocycles. The fourth-order valence-electron chi connectivity index (χ4n) is 2.92. The van der Waals surface area contributed by atoms with Gasteiger partial charge in [0.1, 0.15) is 0 Å². The van der Waals surface area contributed by atoms with Gasteiger partial charge in [-0.15, -0.1) is 5.10 Å². The van der Waals surface area contributed by atoms with E-state index >= 15 is 0 Å². The number of nitrogens with zero attached hydrogens (tertiary/aromatic N) is 3. The van der Waals surface area contributed by atoms with Crippen molar-refractivity contribution in [3.63, 3.8) is 0 Å². The average Bonchev–Trinajstić information content (AvgIpc) is 2.48. The Balaban J connectivity index is 2.26. The molecule has 1 fully saturated rings. The molecule has 1 aromatic heterocycles. The van der Waals surface area contributed by atoms with Crippen LogP contribution < -0.4 is 5.73 Å². The minimum atomic E-state index is 0.0370. The number of aryl methyl sites for hydroxylation is 1. The first kappa shape index (κ1) is 10.6. The van der Waals surface area contributed by atoms with Crippen LogP contribution in [-0.4, -0.2) is 15.0 Å². The van der Waals surface area contributed by atoms with Crippen LogP contribution in [0.3, 0.4) is 0 Å². The van der Waals surface area contributed by atoms with Gasteiger partial charge in [-0.25, -0.2) is 0 Å². The van der Waals surface area contributed by atoms with Crippen LogP contribution in [0.25, 0.3) is 0 Å². The number of hydrogen-bond acceptors (Lipinski definition) is 3. The number of rotatable bonds is 2. The lowest BCUT2D eigenvalue weighted by Gasteiger charge is -2.13. The Hall–Kier alpha value is -0.900. The van der Waals surface area contributed by atoms with Gasteiger partial charge < -0.3 is 5.73 Å². The molecule has 4 nitrogen and oxygen atoms in total. The summed E-state index contributed by atoms with van der Waals surface area (Å²) in [4.78, 5) is 0. The van der Waals surface area contributed by atoms with Crippen molar-refractivity contribution < 1.29 is 0 Å². The lowest BCUT2D eigenvalue weighted by atomic mass is 10.0. The van der Waals surface area contributed by atoms with Crippen molar-refractivity contribution >= 4 is 0 Å². The van der Waals surface area contributed by atoms with E-state index < -0.39 is 0 Å². The van der Waals surface area contributed by atoms with E-state index in [9.17, 15) is 0 Å². The van der Waals surface area contributed by atoms with E-state index in [-0.39, 0.29) is 6.04 Å². The molecule has 0 aromatic carbocycles. The van der Waals surface area contributed by atoms with Crippen LogP contribution in [-0.2, 0) is 7.05 Å². The van der Waals surface area contributed by atoms with Gasteiger partial charge in [-0.05, 0) is 16.7 Å². The van der Waals surface area contributed by atoms with Crippen molar-refractivity contribution in [3.05, 3.63) is 11.9 Å². The topological polar surface area (TPSA) is 56.7 Å². The first-order valence-corrected chi connectivity index (χ1v) is 5.40. The van der Waals surface area contributed by atoms with E-state index in [2.05, 4.69) is 38.0 Å². The summed E-state index contributed by atoms with van der Waals surface area (Å²) in [7, 11) is 1.89. The van der Waals surface area contributed by atoms with E-state index in [1.165, 1.54) is 0 Å². The molecule has 0 spiro atoms. The Labute approximate surface area is 90.8 Å². The molecule has 15 heavy (non-hydrogen) atoms. The molecule has 1 aromatic rings. The minimum absolute atomic E-state index is 0.0370. The maximum Gasteiger partial charge on any atom is 0.0754 e. The highest BCUT2D eigenvalue weighted by molar-refractivity contribution is 5.20. The molecule has 4 heteroatoms. The lowest BCUT2D eigenvalue weighted by molar-refractivity contribution is 0.457. The molecule has 0 bridgehead atoms. The second kappa shape index (κ2) is 2.82. The molecule has 1 heterocycles. The van der Waals surface area contributed by atoms with Crippen molar-refractivity contribution in [1.29, 1.82) is 0 Å². The summed E-state index contributed by atoms with van der Waals surface area (Å²) in [5.74, 6) is 0.502.